The van der Waals surface area contributed by atoms with E-state index in [1.807, 2.05) is 0 Å². The Morgan fingerprint density at radius 3 is 2.53 bits per heavy atom. The zero-order chi connectivity index (χ0) is 26.1. The van der Waals surface area contributed by atoms with E-state index in [1.165, 1.54) is 28.9 Å². The van der Waals surface area contributed by atoms with Gasteiger partial charge < -0.3 is 16.0 Å². The highest BCUT2D eigenvalue weighted by Crippen LogP contribution is 2.18. The monoisotopic (exact) mass is 512 g/mol. The molecule has 1 aliphatic rings. The van der Waals surface area contributed by atoms with Crippen LogP contribution in [-0.2, 0) is 11.2 Å². The second-order valence-corrected chi connectivity index (χ2v) is 8.45. The summed E-state index contributed by atoms with van der Waals surface area (Å²) in [6, 6.07) is 4.93. The van der Waals surface area contributed by atoms with Gasteiger partial charge in [-0.05, 0) is 62.8 Å². The molecule has 3 rings (SSSR count). The van der Waals surface area contributed by atoms with Crippen LogP contribution in [0.4, 0.5) is 17.6 Å². The summed E-state index contributed by atoms with van der Waals surface area (Å²) >= 11 is 0. The fourth-order valence-electron chi connectivity index (χ4n) is 3.81. The third-order valence-electron chi connectivity index (χ3n) is 5.69. The van der Waals surface area contributed by atoms with Gasteiger partial charge in [0.05, 0.1) is 18.1 Å². The molecule has 0 saturated carbocycles. The van der Waals surface area contributed by atoms with Crippen LogP contribution in [0.2, 0.25) is 0 Å². The normalized spacial score (nSPS) is 16.2. The highest BCUT2D eigenvalue weighted by atomic mass is 19.4. The first-order chi connectivity index (χ1) is 17.2. The molecule has 1 aromatic carbocycles. The van der Waals surface area contributed by atoms with Crippen LogP contribution in [0, 0.1) is 0 Å². The summed E-state index contributed by atoms with van der Waals surface area (Å²) in [5.74, 6) is -1.71. The largest absolute Gasteiger partial charge is 0.405 e. The minimum atomic E-state index is -4.53. The van der Waals surface area contributed by atoms with Gasteiger partial charge in [0.25, 0.3) is 11.8 Å². The number of hydrogen-bond acceptors (Lipinski definition) is 5. The number of nitrogens with one attached hydrogen (secondary N) is 3. The second kappa shape index (κ2) is 12.5. The number of amides is 3. The molecule has 1 atom stereocenters. The SMILES string of the molecule is O=C(NCC(F)(F)F)c1ccc(-n2nnc(C(=O)NC3CCCCNC3=O)c2CCCCCF)cc1. The maximum atomic E-state index is 13.0. The first kappa shape index (κ1) is 27.1. The van der Waals surface area contributed by atoms with E-state index in [0.29, 0.717) is 50.0 Å². The minimum absolute atomic E-state index is 0.0185. The van der Waals surface area contributed by atoms with Gasteiger partial charge in [-0.1, -0.05) is 11.6 Å². The maximum Gasteiger partial charge on any atom is 0.405 e. The molecule has 3 N–H and O–H groups in total. The Hall–Kier alpha value is -3.51. The van der Waals surface area contributed by atoms with Gasteiger partial charge in [-0.2, -0.15) is 13.2 Å². The highest BCUT2D eigenvalue weighted by Gasteiger charge is 2.28. The molecular formula is C23H28F4N6O3. The minimum Gasteiger partial charge on any atom is -0.354 e. The van der Waals surface area contributed by atoms with Crippen LogP contribution in [0.5, 0.6) is 0 Å². The predicted molar refractivity (Wildman–Crippen MR) is 121 cm³/mol. The van der Waals surface area contributed by atoms with Crippen LogP contribution >= 0.6 is 0 Å². The lowest BCUT2D eigenvalue weighted by Crippen LogP contribution is -2.45. The Morgan fingerprint density at radius 1 is 1.08 bits per heavy atom. The summed E-state index contributed by atoms with van der Waals surface area (Å²) < 4.78 is 51.0. The Labute approximate surface area is 205 Å². The number of benzene rings is 1. The molecule has 1 aliphatic heterocycles. The molecule has 3 amide bonds. The molecule has 0 radical (unpaired) electrons. The van der Waals surface area contributed by atoms with E-state index in [1.54, 1.807) is 5.32 Å². The molecule has 9 nitrogen and oxygen atoms in total. The van der Waals surface area contributed by atoms with E-state index in [2.05, 4.69) is 20.9 Å². The Morgan fingerprint density at radius 2 is 1.83 bits per heavy atom. The smallest absolute Gasteiger partial charge is 0.354 e. The molecule has 1 aromatic heterocycles. The molecule has 13 heteroatoms. The number of nitrogens with zero attached hydrogens (tertiary/aromatic N) is 3. The zero-order valence-electron chi connectivity index (χ0n) is 19.5. The second-order valence-electron chi connectivity index (χ2n) is 8.45. The Bertz CT molecular complexity index is 1060. The lowest BCUT2D eigenvalue weighted by Gasteiger charge is -2.15. The number of halogens is 4. The van der Waals surface area contributed by atoms with E-state index in [0.717, 1.165) is 12.8 Å². The number of alkyl halides is 4. The molecule has 1 unspecified atom stereocenters. The number of carbonyl (C=O) groups excluding carboxylic acids is 3. The number of aromatic nitrogens is 3. The summed E-state index contributed by atoms with van der Waals surface area (Å²) in [6.45, 7) is -1.36. The van der Waals surface area contributed by atoms with Gasteiger partial charge in [0.15, 0.2) is 5.69 Å². The number of unbranched alkanes of at least 4 members (excludes halogenated alkanes) is 2. The lowest BCUT2D eigenvalue weighted by atomic mass is 10.1. The van der Waals surface area contributed by atoms with Crippen molar-refractivity contribution in [2.45, 2.75) is 57.2 Å². The summed E-state index contributed by atoms with van der Waals surface area (Å²) in [7, 11) is 0. The van der Waals surface area contributed by atoms with Crippen molar-refractivity contribution in [3.63, 3.8) is 0 Å². The molecule has 36 heavy (non-hydrogen) atoms. The van der Waals surface area contributed by atoms with Crippen LogP contribution in [0.15, 0.2) is 24.3 Å². The van der Waals surface area contributed by atoms with E-state index in [9.17, 15) is 31.9 Å². The molecular weight excluding hydrogens is 484 g/mol. The Balaban J connectivity index is 1.80. The highest BCUT2D eigenvalue weighted by molar-refractivity contribution is 5.97. The first-order valence-corrected chi connectivity index (χ1v) is 11.7. The van der Waals surface area contributed by atoms with Crippen LogP contribution in [0.25, 0.3) is 5.69 Å². The molecule has 1 fully saturated rings. The van der Waals surface area contributed by atoms with Crippen LogP contribution in [0.3, 0.4) is 0 Å². The maximum absolute atomic E-state index is 13.0. The zero-order valence-corrected chi connectivity index (χ0v) is 19.5. The third kappa shape index (κ3) is 7.49. The summed E-state index contributed by atoms with van der Waals surface area (Å²) in [5.41, 5.74) is 0.917. The first-order valence-electron chi connectivity index (χ1n) is 11.7. The quantitative estimate of drug-likeness (QED) is 0.334. The van der Waals surface area contributed by atoms with Crippen molar-refractivity contribution < 1.29 is 31.9 Å². The molecule has 1 saturated heterocycles. The van der Waals surface area contributed by atoms with Gasteiger partial charge in [-0.25, -0.2) is 4.68 Å². The van der Waals surface area contributed by atoms with Crippen LogP contribution < -0.4 is 16.0 Å². The lowest BCUT2D eigenvalue weighted by molar-refractivity contribution is -0.123. The predicted octanol–water partition coefficient (Wildman–Crippen LogP) is 2.64. The van der Waals surface area contributed by atoms with Crippen molar-refractivity contribution in [2.75, 3.05) is 19.8 Å². The number of rotatable bonds is 10. The van der Waals surface area contributed by atoms with Gasteiger partial charge in [0.1, 0.15) is 12.6 Å². The number of carbonyl (C=O) groups is 3. The van der Waals surface area contributed by atoms with Gasteiger partial charge in [-0.15, -0.1) is 5.10 Å². The third-order valence-corrected chi connectivity index (χ3v) is 5.69. The molecule has 0 aliphatic carbocycles. The van der Waals surface area contributed by atoms with E-state index in [4.69, 9.17) is 0 Å². The average Bonchev–Trinajstić information content (AvgIpc) is 3.17. The topological polar surface area (TPSA) is 118 Å². The van der Waals surface area contributed by atoms with Crippen molar-refractivity contribution in [3.8, 4) is 5.69 Å². The van der Waals surface area contributed by atoms with Gasteiger partial charge >= 0.3 is 6.18 Å². The van der Waals surface area contributed by atoms with Gasteiger partial charge in [0, 0.05) is 12.1 Å². The molecule has 0 bridgehead atoms. The van der Waals surface area contributed by atoms with E-state index < -0.39 is 37.3 Å². The number of hydrogen-bond donors (Lipinski definition) is 3. The molecule has 0 spiro atoms. The molecule has 2 heterocycles. The van der Waals surface area contributed by atoms with E-state index in [-0.39, 0.29) is 17.2 Å². The van der Waals surface area contributed by atoms with E-state index >= 15 is 0 Å². The van der Waals surface area contributed by atoms with Crippen LogP contribution in [-0.4, -0.2) is 64.7 Å². The molecule has 2 aromatic rings. The standard InChI is InChI=1S/C23H28F4N6O3/c24-12-4-1-2-7-18-19(22(36)30-17-6-3-5-13-28-21(17)35)31-32-33(18)16-10-8-15(9-11-16)20(34)29-14-23(25,26)27/h8-11,17H,1-7,12-14H2,(H,28,35)(H,29,34)(H,30,36). The van der Waals surface area contributed by atoms with Crippen molar-refractivity contribution in [2.24, 2.45) is 0 Å². The van der Waals surface area contributed by atoms with Crippen molar-refractivity contribution in [3.05, 3.63) is 41.2 Å². The molecule has 196 valence electrons. The average molecular weight is 513 g/mol. The summed E-state index contributed by atoms with van der Waals surface area (Å²) in [4.78, 5) is 37.2. The summed E-state index contributed by atoms with van der Waals surface area (Å²) in [5, 5.41) is 15.3. The Kier molecular flexibility index (Phi) is 9.37. The van der Waals surface area contributed by atoms with Crippen molar-refractivity contribution >= 4 is 17.7 Å². The fourth-order valence-corrected chi connectivity index (χ4v) is 3.81. The van der Waals surface area contributed by atoms with Crippen molar-refractivity contribution in [1.82, 2.24) is 30.9 Å². The van der Waals surface area contributed by atoms with Gasteiger partial charge in [-0.3, -0.25) is 18.8 Å². The summed E-state index contributed by atoms with van der Waals surface area (Å²) in [6.07, 6.45) is -0.593. The van der Waals surface area contributed by atoms with Crippen LogP contribution in [0.1, 0.15) is 65.1 Å². The van der Waals surface area contributed by atoms with Crippen molar-refractivity contribution in [1.29, 1.82) is 0 Å². The fraction of sp³-hybridized carbons (Fsp3) is 0.522. The van der Waals surface area contributed by atoms with Gasteiger partial charge in [0.2, 0.25) is 5.91 Å².